The summed E-state index contributed by atoms with van der Waals surface area (Å²) in [5.41, 5.74) is 0.0440. The number of nitrogens with zero attached hydrogens (tertiary/aromatic N) is 3. The Balaban J connectivity index is 2.24. The first-order valence-corrected chi connectivity index (χ1v) is 5.64. The Labute approximate surface area is 113 Å². The summed E-state index contributed by atoms with van der Waals surface area (Å²) in [6.07, 6.45) is 0. The molecule has 1 aromatic carbocycles. The second kappa shape index (κ2) is 5.08. The van der Waals surface area contributed by atoms with Crippen molar-refractivity contribution in [1.82, 2.24) is 9.78 Å². The van der Waals surface area contributed by atoms with Gasteiger partial charge in [-0.3, -0.25) is 19.6 Å². The molecule has 0 fully saturated rings. The number of aryl methyl sites for hydroxylation is 2. The highest BCUT2D eigenvalue weighted by molar-refractivity contribution is 6.04. The van der Waals surface area contributed by atoms with E-state index >= 15 is 0 Å². The first-order chi connectivity index (χ1) is 9.38. The predicted octanol–water partition coefficient (Wildman–Crippen LogP) is 2.03. The van der Waals surface area contributed by atoms with E-state index in [1.807, 2.05) is 0 Å². The SMILES string of the molecule is Cc1cc(NC(=O)c2ccc([N+](=O)[O-])c(F)c2)n(C)n1. The van der Waals surface area contributed by atoms with Gasteiger partial charge >= 0.3 is 5.69 Å². The fraction of sp³-hybridized carbons (Fsp3) is 0.167. The van der Waals surface area contributed by atoms with Gasteiger partial charge in [-0.2, -0.15) is 9.49 Å². The molecule has 0 aliphatic rings. The van der Waals surface area contributed by atoms with Crippen LogP contribution in [0.1, 0.15) is 16.1 Å². The number of aromatic nitrogens is 2. The summed E-state index contributed by atoms with van der Waals surface area (Å²) in [6.45, 7) is 1.77. The monoisotopic (exact) mass is 278 g/mol. The zero-order valence-corrected chi connectivity index (χ0v) is 10.8. The Morgan fingerprint density at radius 1 is 1.45 bits per heavy atom. The molecule has 0 bridgehead atoms. The van der Waals surface area contributed by atoms with E-state index < -0.39 is 22.3 Å². The van der Waals surface area contributed by atoms with Crippen molar-refractivity contribution in [2.24, 2.45) is 7.05 Å². The highest BCUT2D eigenvalue weighted by Crippen LogP contribution is 2.19. The van der Waals surface area contributed by atoms with Crippen molar-refractivity contribution in [2.45, 2.75) is 6.92 Å². The molecule has 0 spiro atoms. The number of hydrogen-bond acceptors (Lipinski definition) is 4. The highest BCUT2D eigenvalue weighted by Gasteiger charge is 2.17. The standard InChI is InChI=1S/C12H11FN4O3/c1-7-5-11(16(2)15-7)14-12(18)8-3-4-10(17(19)20)9(13)6-8/h3-6H,1-2H3,(H,14,18). The zero-order chi connectivity index (χ0) is 14.9. The second-order valence-corrected chi connectivity index (χ2v) is 4.17. The number of nitro groups is 1. The fourth-order valence-electron chi connectivity index (χ4n) is 1.71. The molecule has 7 nitrogen and oxygen atoms in total. The van der Waals surface area contributed by atoms with Gasteiger partial charge in [-0.15, -0.1) is 0 Å². The Morgan fingerprint density at radius 2 is 2.15 bits per heavy atom. The average molecular weight is 278 g/mol. The molecule has 0 saturated heterocycles. The van der Waals surface area contributed by atoms with E-state index in [1.54, 1.807) is 20.0 Å². The summed E-state index contributed by atoms with van der Waals surface area (Å²) in [4.78, 5) is 21.6. The molecule has 0 aliphatic heterocycles. The third-order valence-corrected chi connectivity index (χ3v) is 2.65. The van der Waals surface area contributed by atoms with E-state index in [-0.39, 0.29) is 5.56 Å². The van der Waals surface area contributed by atoms with Crippen LogP contribution in [0.2, 0.25) is 0 Å². The average Bonchev–Trinajstić information content (AvgIpc) is 2.67. The van der Waals surface area contributed by atoms with Crippen LogP contribution in [0.4, 0.5) is 15.9 Å². The summed E-state index contributed by atoms with van der Waals surface area (Å²) in [6, 6.07) is 4.63. The third kappa shape index (κ3) is 2.63. The van der Waals surface area contributed by atoms with Crippen molar-refractivity contribution in [2.75, 3.05) is 5.32 Å². The minimum absolute atomic E-state index is 0.00745. The highest BCUT2D eigenvalue weighted by atomic mass is 19.1. The van der Waals surface area contributed by atoms with Gasteiger partial charge < -0.3 is 5.32 Å². The van der Waals surface area contributed by atoms with Crippen LogP contribution in [0, 0.1) is 22.9 Å². The number of nitro benzene ring substituents is 1. The molecule has 2 rings (SSSR count). The molecule has 0 radical (unpaired) electrons. The van der Waals surface area contributed by atoms with Gasteiger partial charge in [-0.1, -0.05) is 0 Å². The minimum Gasteiger partial charge on any atom is -0.307 e. The molecule has 104 valence electrons. The fourth-order valence-corrected chi connectivity index (χ4v) is 1.71. The molecule has 20 heavy (non-hydrogen) atoms. The van der Waals surface area contributed by atoms with Gasteiger partial charge in [0, 0.05) is 24.7 Å². The largest absolute Gasteiger partial charge is 0.307 e. The van der Waals surface area contributed by atoms with Gasteiger partial charge in [0.1, 0.15) is 5.82 Å². The summed E-state index contributed by atoms with van der Waals surface area (Å²) in [7, 11) is 1.65. The second-order valence-electron chi connectivity index (χ2n) is 4.17. The first-order valence-electron chi connectivity index (χ1n) is 5.64. The smallest absolute Gasteiger partial charge is 0.304 e. The van der Waals surface area contributed by atoms with E-state index in [0.29, 0.717) is 5.82 Å². The molecular formula is C12H11FN4O3. The molecular weight excluding hydrogens is 267 g/mol. The maximum absolute atomic E-state index is 13.4. The van der Waals surface area contributed by atoms with Crippen LogP contribution in [0.15, 0.2) is 24.3 Å². The quantitative estimate of drug-likeness (QED) is 0.687. The van der Waals surface area contributed by atoms with E-state index in [1.165, 1.54) is 10.7 Å². The molecule has 0 atom stereocenters. The molecule has 0 unspecified atom stereocenters. The van der Waals surface area contributed by atoms with Crippen molar-refractivity contribution in [3.63, 3.8) is 0 Å². The van der Waals surface area contributed by atoms with Gasteiger partial charge in [0.2, 0.25) is 5.82 Å². The summed E-state index contributed by atoms with van der Waals surface area (Å²) < 4.78 is 14.9. The Bertz CT molecular complexity index is 696. The van der Waals surface area contributed by atoms with Gasteiger partial charge in [-0.05, 0) is 19.1 Å². The number of rotatable bonds is 3. The maximum Gasteiger partial charge on any atom is 0.304 e. The Kier molecular flexibility index (Phi) is 3.47. The van der Waals surface area contributed by atoms with Gasteiger partial charge in [0.05, 0.1) is 10.6 Å². The van der Waals surface area contributed by atoms with Crippen molar-refractivity contribution in [3.8, 4) is 0 Å². The minimum atomic E-state index is -1.05. The number of hydrogen-bond donors (Lipinski definition) is 1. The van der Waals surface area contributed by atoms with Crippen LogP contribution >= 0.6 is 0 Å². The van der Waals surface area contributed by atoms with E-state index in [9.17, 15) is 19.3 Å². The van der Waals surface area contributed by atoms with Crippen LogP contribution in [-0.4, -0.2) is 20.6 Å². The van der Waals surface area contributed by atoms with Gasteiger partial charge in [-0.25, -0.2) is 0 Å². The molecule has 0 aliphatic carbocycles. The first kappa shape index (κ1) is 13.7. The van der Waals surface area contributed by atoms with Crippen molar-refractivity contribution in [3.05, 3.63) is 51.5 Å². The molecule has 8 heteroatoms. The van der Waals surface area contributed by atoms with Crippen molar-refractivity contribution in [1.29, 1.82) is 0 Å². The molecule has 0 saturated carbocycles. The van der Waals surface area contributed by atoms with E-state index in [2.05, 4.69) is 10.4 Å². The summed E-state index contributed by atoms with van der Waals surface area (Å²) in [5.74, 6) is -1.17. The molecule has 1 aromatic heterocycles. The lowest BCUT2D eigenvalue weighted by atomic mass is 10.2. The van der Waals surface area contributed by atoms with Crippen LogP contribution in [0.3, 0.4) is 0 Å². The van der Waals surface area contributed by atoms with E-state index in [4.69, 9.17) is 0 Å². The lowest BCUT2D eigenvalue weighted by Crippen LogP contribution is -2.15. The normalized spacial score (nSPS) is 10.3. The maximum atomic E-state index is 13.4. The van der Waals surface area contributed by atoms with Gasteiger partial charge in [0.25, 0.3) is 5.91 Å². The molecule has 1 N–H and O–H groups in total. The predicted molar refractivity (Wildman–Crippen MR) is 69.0 cm³/mol. The zero-order valence-electron chi connectivity index (χ0n) is 10.8. The number of carbonyl (C=O) groups excluding carboxylic acids is 1. The number of anilines is 1. The molecule has 1 heterocycles. The number of halogens is 1. The summed E-state index contributed by atoms with van der Waals surface area (Å²) in [5, 5.41) is 17.1. The topological polar surface area (TPSA) is 90.1 Å². The van der Waals surface area contributed by atoms with Crippen LogP contribution in [-0.2, 0) is 7.05 Å². The lowest BCUT2D eigenvalue weighted by molar-refractivity contribution is -0.387. The Morgan fingerprint density at radius 3 is 2.65 bits per heavy atom. The van der Waals surface area contributed by atoms with Crippen LogP contribution in [0.5, 0.6) is 0 Å². The molecule has 2 aromatic rings. The van der Waals surface area contributed by atoms with Gasteiger partial charge in [0.15, 0.2) is 0 Å². The number of amides is 1. The number of benzene rings is 1. The van der Waals surface area contributed by atoms with Crippen LogP contribution in [0.25, 0.3) is 0 Å². The number of carbonyl (C=O) groups is 1. The van der Waals surface area contributed by atoms with E-state index in [0.717, 1.165) is 17.8 Å². The van der Waals surface area contributed by atoms with Crippen molar-refractivity contribution >= 4 is 17.4 Å². The summed E-state index contributed by atoms with van der Waals surface area (Å²) >= 11 is 0. The molecule has 1 amide bonds. The number of nitrogens with one attached hydrogen (secondary N) is 1. The third-order valence-electron chi connectivity index (χ3n) is 2.65. The van der Waals surface area contributed by atoms with Crippen LogP contribution < -0.4 is 5.32 Å². The van der Waals surface area contributed by atoms with Crippen molar-refractivity contribution < 1.29 is 14.1 Å². The Hall–Kier alpha value is -2.77. The lowest BCUT2D eigenvalue weighted by Gasteiger charge is -2.05.